The first-order valence-corrected chi connectivity index (χ1v) is 3.99. The Morgan fingerprint density at radius 2 is 2.00 bits per heavy atom. The molecule has 0 aliphatic carbocycles. The van der Waals surface area contributed by atoms with Gasteiger partial charge in [0.05, 0.1) is 7.05 Å². The van der Waals surface area contributed by atoms with Crippen molar-refractivity contribution in [2.75, 3.05) is 20.2 Å². The summed E-state index contributed by atoms with van der Waals surface area (Å²) in [5, 5.41) is 2.03. The molecule has 1 rings (SSSR count). The number of hydrogen-bond acceptors (Lipinski definition) is 1. The van der Waals surface area contributed by atoms with Crippen LogP contribution in [0.15, 0.2) is 24.3 Å². The van der Waals surface area contributed by atoms with E-state index < -0.39 is 0 Å². The van der Waals surface area contributed by atoms with Crippen molar-refractivity contribution in [3.63, 3.8) is 0 Å². The van der Waals surface area contributed by atoms with Gasteiger partial charge in [-0.3, -0.25) is 0 Å². The third-order valence-electron chi connectivity index (χ3n) is 1.49. The molecule has 0 unspecified atom stereocenters. The molecule has 0 aromatic heterocycles. The van der Waals surface area contributed by atoms with Crippen LogP contribution in [0.1, 0.15) is 0 Å². The van der Waals surface area contributed by atoms with E-state index in [4.69, 9.17) is 4.74 Å². The number of likely N-dealkylation sites (N-methyl/N-ethyl adjacent to an activating group) is 1. The minimum atomic E-state index is -0.232. The molecule has 0 fully saturated rings. The molecule has 2 nitrogen and oxygen atoms in total. The Hall–Kier alpha value is -1.09. The normalized spacial score (nSPS) is 9.83. The Bertz CT molecular complexity index is 222. The summed E-state index contributed by atoms with van der Waals surface area (Å²) in [5.41, 5.74) is 0. The summed E-state index contributed by atoms with van der Waals surface area (Å²) >= 11 is 0. The Morgan fingerprint density at radius 1 is 1.33 bits per heavy atom. The average molecular weight is 170 g/mol. The highest BCUT2D eigenvalue weighted by atomic mass is 19.1. The lowest BCUT2D eigenvalue weighted by Crippen LogP contribution is -2.80. The van der Waals surface area contributed by atoms with Gasteiger partial charge in [0.15, 0.2) is 0 Å². The number of nitrogens with two attached hydrogens (primary N) is 1. The second-order valence-corrected chi connectivity index (χ2v) is 2.50. The van der Waals surface area contributed by atoms with Crippen LogP contribution in [0.25, 0.3) is 0 Å². The molecule has 2 N–H and O–H groups in total. The molecular weight excluding hydrogens is 157 g/mol. The van der Waals surface area contributed by atoms with Crippen LogP contribution in [0.3, 0.4) is 0 Å². The Balaban J connectivity index is 2.37. The van der Waals surface area contributed by atoms with Crippen LogP contribution in [0.2, 0.25) is 0 Å². The largest absolute Gasteiger partial charge is 0.488 e. The molecule has 0 saturated carbocycles. The lowest BCUT2D eigenvalue weighted by molar-refractivity contribution is -0.627. The standard InChI is InChI=1S/C9H12FNO/c1-11-6-7-12-9-4-2-8(10)3-5-9/h2-5,11H,6-7H2,1H3/p+1. The lowest BCUT2D eigenvalue weighted by Gasteiger charge is -2.02. The van der Waals surface area contributed by atoms with Crippen LogP contribution in [0.4, 0.5) is 4.39 Å². The van der Waals surface area contributed by atoms with Crippen LogP contribution in [-0.4, -0.2) is 20.2 Å². The predicted molar refractivity (Wildman–Crippen MR) is 44.6 cm³/mol. The third kappa shape index (κ3) is 2.88. The lowest BCUT2D eigenvalue weighted by atomic mass is 10.3. The Labute approximate surface area is 71.4 Å². The first-order valence-electron chi connectivity index (χ1n) is 3.99. The molecule has 0 saturated heterocycles. The van der Waals surface area contributed by atoms with Crippen molar-refractivity contribution >= 4 is 0 Å². The highest BCUT2D eigenvalue weighted by Crippen LogP contribution is 2.10. The van der Waals surface area contributed by atoms with Crippen molar-refractivity contribution in [3.8, 4) is 5.75 Å². The molecule has 3 heteroatoms. The first kappa shape index (κ1) is 9.00. The van der Waals surface area contributed by atoms with Gasteiger partial charge in [-0.1, -0.05) is 0 Å². The molecule has 0 amide bonds. The van der Waals surface area contributed by atoms with Crippen LogP contribution in [0, 0.1) is 5.82 Å². The Morgan fingerprint density at radius 3 is 2.58 bits per heavy atom. The van der Waals surface area contributed by atoms with E-state index in [2.05, 4.69) is 0 Å². The molecule has 1 aromatic rings. The molecule has 0 radical (unpaired) electrons. The maximum Gasteiger partial charge on any atom is 0.137 e. The van der Waals surface area contributed by atoms with E-state index in [-0.39, 0.29) is 5.82 Å². The summed E-state index contributed by atoms with van der Waals surface area (Å²) < 4.78 is 17.7. The van der Waals surface area contributed by atoms with E-state index >= 15 is 0 Å². The molecule has 0 heterocycles. The molecule has 0 bridgehead atoms. The molecule has 0 aliphatic rings. The van der Waals surface area contributed by atoms with Gasteiger partial charge < -0.3 is 10.1 Å². The summed E-state index contributed by atoms with van der Waals surface area (Å²) in [5.74, 6) is 0.489. The van der Waals surface area contributed by atoms with E-state index in [0.29, 0.717) is 6.61 Å². The highest BCUT2D eigenvalue weighted by molar-refractivity contribution is 5.21. The topological polar surface area (TPSA) is 25.8 Å². The number of ether oxygens (including phenoxy) is 1. The average Bonchev–Trinajstić information content (AvgIpc) is 2.09. The molecule has 0 aliphatic heterocycles. The fraction of sp³-hybridized carbons (Fsp3) is 0.333. The monoisotopic (exact) mass is 170 g/mol. The van der Waals surface area contributed by atoms with Crippen LogP contribution >= 0.6 is 0 Å². The molecular formula is C9H13FNO+. The second-order valence-electron chi connectivity index (χ2n) is 2.50. The van der Waals surface area contributed by atoms with Crippen molar-refractivity contribution in [1.29, 1.82) is 0 Å². The zero-order chi connectivity index (χ0) is 8.81. The number of hydrogen-bond donors (Lipinski definition) is 1. The van der Waals surface area contributed by atoms with Gasteiger partial charge >= 0.3 is 0 Å². The number of halogens is 1. The SMILES string of the molecule is C[NH2+]CCOc1ccc(F)cc1. The van der Waals surface area contributed by atoms with Crippen molar-refractivity contribution in [2.45, 2.75) is 0 Å². The maximum atomic E-state index is 12.4. The van der Waals surface area contributed by atoms with Gasteiger partial charge in [0.2, 0.25) is 0 Å². The fourth-order valence-corrected chi connectivity index (χ4v) is 0.825. The summed E-state index contributed by atoms with van der Waals surface area (Å²) in [6, 6.07) is 6.05. The van der Waals surface area contributed by atoms with Gasteiger partial charge in [0, 0.05) is 0 Å². The molecule has 1 aromatic carbocycles. The number of benzene rings is 1. The smallest absolute Gasteiger partial charge is 0.137 e. The van der Waals surface area contributed by atoms with E-state index in [1.807, 2.05) is 12.4 Å². The van der Waals surface area contributed by atoms with Crippen LogP contribution in [0.5, 0.6) is 5.75 Å². The third-order valence-corrected chi connectivity index (χ3v) is 1.49. The summed E-state index contributed by atoms with van der Waals surface area (Å²) in [6.45, 7) is 1.57. The first-order chi connectivity index (χ1) is 5.83. The van der Waals surface area contributed by atoms with Crippen molar-refractivity contribution in [3.05, 3.63) is 30.1 Å². The summed E-state index contributed by atoms with van der Waals surface area (Å²) in [6.07, 6.45) is 0. The van der Waals surface area contributed by atoms with E-state index in [1.54, 1.807) is 12.1 Å². The zero-order valence-corrected chi connectivity index (χ0v) is 7.09. The summed E-state index contributed by atoms with van der Waals surface area (Å²) in [7, 11) is 1.98. The molecule has 0 atom stereocenters. The predicted octanol–water partition coefficient (Wildman–Crippen LogP) is 0.398. The fourth-order valence-electron chi connectivity index (χ4n) is 0.825. The van der Waals surface area contributed by atoms with Crippen molar-refractivity contribution in [1.82, 2.24) is 0 Å². The van der Waals surface area contributed by atoms with Gasteiger partial charge in [0.25, 0.3) is 0 Å². The zero-order valence-electron chi connectivity index (χ0n) is 7.09. The van der Waals surface area contributed by atoms with Crippen molar-refractivity contribution in [2.24, 2.45) is 0 Å². The second kappa shape index (κ2) is 4.72. The maximum absolute atomic E-state index is 12.4. The van der Waals surface area contributed by atoms with Gasteiger partial charge in [-0.25, -0.2) is 4.39 Å². The molecule has 12 heavy (non-hydrogen) atoms. The van der Waals surface area contributed by atoms with Gasteiger partial charge in [-0.05, 0) is 24.3 Å². The molecule has 0 spiro atoms. The Kier molecular flexibility index (Phi) is 3.54. The molecule has 66 valence electrons. The van der Waals surface area contributed by atoms with Crippen molar-refractivity contribution < 1.29 is 14.4 Å². The van der Waals surface area contributed by atoms with Crippen LogP contribution in [-0.2, 0) is 0 Å². The van der Waals surface area contributed by atoms with E-state index in [0.717, 1.165) is 12.3 Å². The van der Waals surface area contributed by atoms with Crippen LogP contribution < -0.4 is 10.1 Å². The highest BCUT2D eigenvalue weighted by Gasteiger charge is 1.93. The van der Waals surface area contributed by atoms with E-state index in [1.165, 1.54) is 12.1 Å². The number of quaternary nitrogens is 1. The van der Waals surface area contributed by atoms with Gasteiger partial charge in [-0.2, -0.15) is 0 Å². The van der Waals surface area contributed by atoms with Gasteiger partial charge in [-0.15, -0.1) is 0 Å². The minimum absolute atomic E-state index is 0.232. The van der Waals surface area contributed by atoms with Gasteiger partial charge in [0.1, 0.15) is 24.7 Å². The quantitative estimate of drug-likeness (QED) is 0.650. The minimum Gasteiger partial charge on any atom is -0.488 e. The summed E-state index contributed by atoms with van der Waals surface area (Å²) in [4.78, 5) is 0. The number of rotatable bonds is 4. The van der Waals surface area contributed by atoms with E-state index in [9.17, 15) is 4.39 Å².